The molecule has 3 rings (SSSR count). The molecule has 1 aromatic carbocycles. The van der Waals surface area contributed by atoms with Crippen LogP contribution in [-0.4, -0.2) is 47.9 Å². The molecule has 0 fully saturated rings. The van der Waals surface area contributed by atoms with Crippen LogP contribution in [0.1, 0.15) is 42.1 Å². The van der Waals surface area contributed by atoms with Gasteiger partial charge in [-0.2, -0.15) is 5.10 Å². The third-order valence-corrected chi connectivity index (χ3v) is 4.99. The van der Waals surface area contributed by atoms with Crippen molar-refractivity contribution in [2.45, 2.75) is 38.3 Å². The van der Waals surface area contributed by atoms with Gasteiger partial charge in [-0.05, 0) is 36.8 Å². The van der Waals surface area contributed by atoms with Gasteiger partial charge in [0.15, 0.2) is 5.96 Å². The second-order valence-electron chi connectivity index (χ2n) is 7.16. The fourth-order valence-electron chi connectivity index (χ4n) is 3.67. The van der Waals surface area contributed by atoms with Gasteiger partial charge in [0.25, 0.3) is 0 Å². The van der Waals surface area contributed by atoms with Gasteiger partial charge < -0.3 is 15.0 Å². The average molecular weight is 497 g/mol. The number of nitrogens with zero attached hydrogens (tertiary/aromatic N) is 4. The first-order valence-electron chi connectivity index (χ1n) is 9.76. The Bertz CT molecular complexity index is 761. The minimum atomic E-state index is 0. The van der Waals surface area contributed by atoms with E-state index in [1.54, 1.807) is 0 Å². The number of aryl methyl sites for hydroxylation is 2. The zero-order chi connectivity index (χ0) is 19.1. The Kier molecular flexibility index (Phi) is 9.24. The van der Waals surface area contributed by atoms with Gasteiger partial charge in [0, 0.05) is 52.6 Å². The van der Waals surface area contributed by atoms with E-state index in [1.807, 2.05) is 38.2 Å². The van der Waals surface area contributed by atoms with Gasteiger partial charge in [-0.3, -0.25) is 9.67 Å². The first-order chi connectivity index (χ1) is 13.2. The summed E-state index contributed by atoms with van der Waals surface area (Å²) >= 11 is 0. The topological polar surface area (TPSA) is 54.7 Å². The highest BCUT2D eigenvalue weighted by molar-refractivity contribution is 14.0. The standard InChI is InChI=1S/C21H31N5O.HI/c1-22-21(25(2)15-17-14-24-26(3)16-17)23-12-7-13-27-20-11-6-9-18-8-4-5-10-19(18)20;/h4-5,8,10,14,16,20H,6-7,9,11-13,15H2,1-3H3,(H,22,23);1H. The number of ether oxygens (including phenoxy) is 1. The van der Waals surface area contributed by atoms with Crippen molar-refractivity contribution in [3.63, 3.8) is 0 Å². The lowest BCUT2D eigenvalue weighted by atomic mass is 9.89. The number of rotatable bonds is 7. The molecule has 7 heteroatoms. The summed E-state index contributed by atoms with van der Waals surface area (Å²) in [6.07, 6.45) is 8.64. The van der Waals surface area contributed by atoms with Gasteiger partial charge in [-0.25, -0.2) is 0 Å². The summed E-state index contributed by atoms with van der Waals surface area (Å²) in [5, 5.41) is 7.64. The summed E-state index contributed by atoms with van der Waals surface area (Å²) < 4.78 is 8.00. The van der Waals surface area contributed by atoms with E-state index in [0.29, 0.717) is 0 Å². The smallest absolute Gasteiger partial charge is 0.193 e. The molecule has 0 saturated carbocycles. The van der Waals surface area contributed by atoms with E-state index in [-0.39, 0.29) is 30.1 Å². The number of guanidine groups is 1. The minimum absolute atomic E-state index is 0. The first kappa shape index (κ1) is 22.7. The fourth-order valence-corrected chi connectivity index (χ4v) is 3.67. The molecule has 2 aromatic rings. The molecule has 1 aliphatic carbocycles. The lowest BCUT2D eigenvalue weighted by molar-refractivity contribution is 0.0397. The molecule has 1 aromatic heterocycles. The summed E-state index contributed by atoms with van der Waals surface area (Å²) in [4.78, 5) is 6.48. The van der Waals surface area contributed by atoms with Crippen LogP contribution in [0.25, 0.3) is 0 Å². The van der Waals surface area contributed by atoms with E-state index in [4.69, 9.17) is 4.74 Å². The third kappa shape index (κ3) is 6.20. The summed E-state index contributed by atoms with van der Waals surface area (Å²) in [5.41, 5.74) is 4.00. The number of aromatic nitrogens is 2. The van der Waals surface area contributed by atoms with Crippen molar-refractivity contribution in [3.05, 3.63) is 53.3 Å². The van der Waals surface area contributed by atoms with Crippen LogP contribution in [0, 0.1) is 0 Å². The van der Waals surface area contributed by atoms with Crippen molar-refractivity contribution in [2.24, 2.45) is 12.0 Å². The summed E-state index contributed by atoms with van der Waals surface area (Å²) in [7, 11) is 5.79. The van der Waals surface area contributed by atoms with Gasteiger partial charge in [0.05, 0.1) is 12.3 Å². The molecule has 28 heavy (non-hydrogen) atoms. The Morgan fingerprint density at radius 2 is 2.21 bits per heavy atom. The first-order valence-corrected chi connectivity index (χ1v) is 9.76. The molecular weight excluding hydrogens is 465 g/mol. The van der Waals surface area contributed by atoms with Crippen LogP contribution in [0.3, 0.4) is 0 Å². The number of nitrogens with one attached hydrogen (secondary N) is 1. The zero-order valence-corrected chi connectivity index (χ0v) is 19.4. The molecule has 0 aliphatic heterocycles. The molecule has 0 spiro atoms. The quantitative estimate of drug-likeness (QED) is 0.275. The molecule has 1 atom stereocenters. The van der Waals surface area contributed by atoms with Crippen molar-refractivity contribution in [2.75, 3.05) is 27.2 Å². The number of aliphatic imine (C=N–C) groups is 1. The maximum absolute atomic E-state index is 6.18. The van der Waals surface area contributed by atoms with Crippen molar-refractivity contribution < 1.29 is 4.74 Å². The molecule has 1 unspecified atom stereocenters. The maximum atomic E-state index is 6.18. The zero-order valence-electron chi connectivity index (χ0n) is 17.1. The molecule has 1 N–H and O–H groups in total. The van der Waals surface area contributed by atoms with Gasteiger partial charge in [-0.15, -0.1) is 24.0 Å². The van der Waals surface area contributed by atoms with Crippen LogP contribution in [-0.2, 0) is 24.8 Å². The highest BCUT2D eigenvalue weighted by atomic mass is 127. The van der Waals surface area contributed by atoms with Gasteiger partial charge >= 0.3 is 0 Å². The van der Waals surface area contributed by atoms with Crippen molar-refractivity contribution >= 4 is 29.9 Å². The molecule has 0 saturated heterocycles. The largest absolute Gasteiger partial charge is 0.373 e. The lowest BCUT2D eigenvalue weighted by Gasteiger charge is -2.26. The van der Waals surface area contributed by atoms with Crippen molar-refractivity contribution in [1.82, 2.24) is 20.0 Å². The highest BCUT2D eigenvalue weighted by Gasteiger charge is 2.19. The van der Waals surface area contributed by atoms with Crippen LogP contribution in [0.15, 0.2) is 41.7 Å². The van der Waals surface area contributed by atoms with Crippen LogP contribution >= 0.6 is 24.0 Å². The number of hydrogen-bond donors (Lipinski definition) is 1. The summed E-state index contributed by atoms with van der Waals surface area (Å²) in [6, 6.07) is 8.68. The van der Waals surface area contributed by atoms with Crippen LogP contribution in [0.2, 0.25) is 0 Å². The predicted octanol–water partition coefficient (Wildman–Crippen LogP) is 3.53. The van der Waals surface area contributed by atoms with Gasteiger partial charge in [-0.1, -0.05) is 24.3 Å². The highest BCUT2D eigenvalue weighted by Crippen LogP contribution is 2.32. The second-order valence-corrected chi connectivity index (χ2v) is 7.16. The van der Waals surface area contributed by atoms with Crippen molar-refractivity contribution in [3.8, 4) is 0 Å². The number of halogens is 1. The van der Waals surface area contributed by atoms with Gasteiger partial charge in [0.1, 0.15) is 0 Å². The fraction of sp³-hybridized carbons (Fsp3) is 0.524. The Balaban J connectivity index is 0.00000280. The van der Waals surface area contributed by atoms with E-state index in [9.17, 15) is 0 Å². The van der Waals surface area contributed by atoms with Crippen molar-refractivity contribution in [1.29, 1.82) is 0 Å². The van der Waals surface area contributed by atoms with Gasteiger partial charge in [0.2, 0.25) is 0 Å². The average Bonchev–Trinajstić information content (AvgIpc) is 3.09. The summed E-state index contributed by atoms with van der Waals surface area (Å²) in [6.45, 7) is 2.39. The van der Waals surface area contributed by atoms with Crippen LogP contribution in [0.5, 0.6) is 0 Å². The van der Waals surface area contributed by atoms with E-state index in [0.717, 1.165) is 38.5 Å². The van der Waals surface area contributed by atoms with Crippen LogP contribution < -0.4 is 5.32 Å². The Morgan fingerprint density at radius 1 is 1.39 bits per heavy atom. The lowest BCUT2D eigenvalue weighted by Crippen LogP contribution is -2.39. The molecular formula is C21H32IN5O. The molecule has 1 aliphatic rings. The van der Waals surface area contributed by atoms with E-state index in [1.165, 1.54) is 29.5 Å². The molecule has 0 bridgehead atoms. The normalized spacial score (nSPS) is 16.2. The number of fused-ring (bicyclic) bond motifs is 1. The maximum Gasteiger partial charge on any atom is 0.193 e. The SMILES string of the molecule is CN=C(NCCCOC1CCCc2ccccc21)N(C)Cc1cnn(C)c1.I. The number of hydrogen-bond acceptors (Lipinski definition) is 3. The monoisotopic (exact) mass is 497 g/mol. The molecule has 0 amide bonds. The minimum Gasteiger partial charge on any atom is -0.373 e. The number of benzene rings is 1. The molecule has 1 heterocycles. The Labute approximate surface area is 185 Å². The predicted molar refractivity (Wildman–Crippen MR) is 124 cm³/mol. The van der Waals surface area contributed by atoms with E-state index in [2.05, 4.69) is 44.6 Å². The summed E-state index contributed by atoms with van der Waals surface area (Å²) in [5.74, 6) is 0.891. The molecule has 6 nitrogen and oxygen atoms in total. The third-order valence-electron chi connectivity index (χ3n) is 4.99. The van der Waals surface area contributed by atoms with E-state index < -0.39 is 0 Å². The van der Waals surface area contributed by atoms with E-state index >= 15 is 0 Å². The molecule has 154 valence electrons. The second kappa shape index (κ2) is 11.4. The Hall–Kier alpha value is -1.61. The van der Waals surface area contributed by atoms with Crippen LogP contribution in [0.4, 0.5) is 0 Å². The Morgan fingerprint density at radius 3 is 2.96 bits per heavy atom. The molecule has 0 radical (unpaired) electrons.